The van der Waals surface area contributed by atoms with Crippen molar-refractivity contribution in [2.75, 3.05) is 0 Å². The van der Waals surface area contributed by atoms with Crippen LogP contribution in [0, 0.1) is 24.0 Å². The SMILES string of the molecule is Cc1ccc(Oc2ncnc(Oc3ccc(C)cc3)c2[N+](=O)[O-])cc1. The highest BCUT2D eigenvalue weighted by Gasteiger charge is 2.27. The Labute approximate surface area is 144 Å². The number of hydrogen-bond acceptors (Lipinski definition) is 6. The third-order valence-electron chi connectivity index (χ3n) is 3.41. The Morgan fingerprint density at radius 1 is 0.800 bits per heavy atom. The first-order valence-corrected chi connectivity index (χ1v) is 7.51. The second kappa shape index (κ2) is 6.96. The zero-order chi connectivity index (χ0) is 17.8. The van der Waals surface area contributed by atoms with Crippen molar-refractivity contribution in [1.29, 1.82) is 0 Å². The minimum absolute atomic E-state index is 0.175. The molecule has 7 nitrogen and oxygen atoms in total. The standard InChI is InChI=1S/C18H15N3O4/c1-12-3-7-14(8-4-12)24-17-16(21(22)23)18(20-11-19-17)25-15-9-5-13(2)6-10-15/h3-11H,1-2H3. The molecule has 0 aliphatic carbocycles. The van der Waals surface area contributed by atoms with Crippen molar-refractivity contribution in [3.63, 3.8) is 0 Å². The van der Waals surface area contributed by atoms with Gasteiger partial charge < -0.3 is 9.47 Å². The number of hydrogen-bond donors (Lipinski definition) is 0. The van der Waals surface area contributed by atoms with Gasteiger partial charge in [0.15, 0.2) is 0 Å². The lowest BCUT2D eigenvalue weighted by Crippen LogP contribution is -2.01. The highest BCUT2D eigenvalue weighted by atomic mass is 16.6. The van der Waals surface area contributed by atoms with Crippen LogP contribution in [0.1, 0.15) is 11.1 Å². The average Bonchev–Trinajstić information content (AvgIpc) is 2.59. The predicted molar refractivity (Wildman–Crippen MR) is 91.2 cm³/mol. The Morgan fingerprint density at radius 2 is 1.20 bits per heavy atom. The number of aromatic nitrogens is 2. The maximum absolute atomic E-state index is 11.5. The van der Waals surface area contributed by atoms with Crippen LogP contribution < -0.4 is 9.47 Å². The van der Waals surface area contributed by atoms with Crippen LogP contribution in [0.2, 0.25) is 0 Å². The molecule has 0 N–H and O–H groups in total. The van der Waals surface area contributed by atoms with Crippen LogP contribution in [-0.4, -0.2) is 14.9 Å². The van der Waals surface area contributed by atoms with Gasteiger partial charge in [0.2, 0.25) is 0 Å². The van der Waals surface area contributed by atoms with Crippen molar-refractivity contribution >= 4 is 5.69 Å². The first-order valence-electron chi connectivity index (χ1n) is 7.51. The Morgan fingerprint density at radius 3 is 1.56 bits per heavy atom. The number of benzene rings is 2. The van der Waals surface area contributed by atoms with Gasteiger partial charge in [0.1, 0.15) is 17.8 Å². The van der Waals surface area contributed by atoms with Crippen LogP contribution in [0.4, 0.5) is 5.69 Å². The zero-order valence-electron chi connectivity index (χ0n) is 13.7. The van der Waals surface area contributed by atoms with Gasteiger partial charge in [0.05, 0.1) is 4.92 Å². The fourth-order valence-corrected chi connectivity index (χ4v) is 2.09. The molecule has 0 saturated heterocycles. The van der Waals surface area contributed by atoms with E-state index in [1.54, 1.807) is 24.3 Å². The normalized spacial score (nSPS) is 10.3. The fraction of sp³-hybridized carbons (Fsp3) is 0.111. The fourth-order valence-electron chi connectivity index (χ4n) is 2.09. The summed E-state index contributed by atoms with van der Waals surface area (Å²) in [5, 5.41) is 11.5. The third kappa shape index (κ3) is 3.89. The molecule has 1 aromatic heterocycles. The maximum atomic E-state index is 11.5. The van der Waals surface area contributed by atoms with E-state index in [9.17, 15) is 10.1 Å². The molecule has 0 bridgehead atoms. The van der Waals surface area contributed by atoms with Gasteiger partial charge >= 0.3 is 17.4 Å². The monoisotopic (exact) mass is 337 g/mol. The van der Waals surface area contributed by atoms with Gasteiger partial charge in [-0.15, -0.1) is 0 Å². The van der Waals surface area contributed by atoms with Gasteiger partial charge in [-0.25, -0.2) is 0 Å². The van der Waals surface area contributed by atoms with Crippen LogP contribution >= 0.6 is 0 Å². The lowest BCUT2D eigenvalue weighted by molar-refractivity contribution is -0.387. The Kier molecular flexibility index (Phi) is 4.56. The molecule has 0 aliphatic heterocycles. The van der Waals surface area contributed by atoms with Gasteiger partial charge in [-0.3, -0.25) is 10.1 Å². The summed E-state index contributed by atoms with van der Waals surface area (Å²) in [7, 11) is 0. The van der Waals surface area contributed by atoms with Crippen LogP contribution in [0.25, 0.3) is 0 Å². The van der Waals surface area contributed by atoms with Gasteiger partial charge in [0, 0.05) is 0 Å². The molecule has 0 spiro atoms. The molecule has 0 fully saturated rings. The van der Waals surface area contributed by atoms with Crippen molar-refractivity contribution in [3.8, 4) is 23.3 Å². The molecule has 0 radical (unpaired) electrons. The van der Waals surface area contributed by atoms with E-state index < -0.39 is 10.6 Å². The summed E-state index contributed by atoms with van der Waals surface area (Å²) < 4.78 is 11.1. The molecule has 0 aliphatic rings. The molecule has 7 heteroatoms. The number of nitrogens with zero attached hydrogens (tertiary/aromatic N) is 3. The molecule has 2 aromatic carbocycles. The molecule has 3 rings (SSSR count). The first-order chi connectivity index (χ1) is 12.0. The molecular formula is C18H15N3O4. The Hall–Kier alpha value is -3.48. The van der Waals surface area contributed by atoms with Crippen LogP contribution in [0.5, 0.6) is 23.3 Å². The van der Waals surface area contributed by atoms with E-state index in [1.165, 1.54) is 6.33 Å². The van der Waals surface area contributed by atoms with Gasteiger partial charge in [-0.1, -0.05) is 35.4 Å². The summed E-state index contributed by atoms with van der Waals surface area (Å²) >= 11 is 0. The summed E-state index contributed by atoms with van der Waals surface area (Å²) in [5.74, 6) is 0.527. The van der Waals surface area contributed by atoms with Crippen molar-refractivity contribution in [1.82, 2.24) is 9.97 Å². The van der Waals surface area contributed by atoms with Crippen LogP contribution in [-0.2, 0) is 0 Å². The minimum atomic E-state index is -0.618. The van der Waals surface area contributed by atoms with E-state index in [0.717, 1.165) is 11.1 Å². The highest BCUT2D eigenvalue weighted by molar-refractivity contribution is 5.52. The largest absolute Gasteiger partial charge is 0.433 e. The summed E-state index contributed by atoms with van der Waals surface area (Å²) in [5.41, 5.74) is 1.67. The van der Waals surface area contributed by atoms with Crippen LogP contribution in [0.3, 0.4) is 0 Å². The van der Waals surface area contributed by atoms with Crippen molar-refractivity contribution in [2.24, 2.45) is 0 Å². The predicted octanol–water partition coefficient (Wildman–Crippen LogP) is 4.59. The molecule has 0 unspecified atom stereocenters. The minimum Gasteiger partial charge on any atom is -0.433 e. The van der Waals surface area contributed by atoms with Crippen LogP contribution in [0.15, 0.2) is 54.9 Å². The molecule has 25 heavy (non-hydrogen) atoms. The Balaban J connectivity index is 1.94. The quantitative estimate of drug-likeness (QED) is 0.500. The van der Waals surface area contributed by atoms with E-state index in [0.29, 0.717) is 11.5 Å². The van der Waals surface area contributed by atoms with Gasteiger partial charge in [-0.2, -0.15) is 9.97 Å². The maximum Gasteiger partial charge on any atom is 0.393 e. The third-order valence-corrected chi connectivity index (χ3v) is 3.41. The van der Waals surface area contributed by atoms with Gasteiger partial charge in [-0.05, 0) is 38.1 Å². The molecule has 3 aromatic rings. The van der Waals surface area contributed by atoms with Gasteiger partial charge in [0.25, 0.3) is 0 Å². The van der Waals surface area contributed by atoms with Crippen molar-refractivity contribution < 1.29 is 14.4 Å². The number of rotatable bonds is 5. The molecule has 1 heterocycles. The number of nitro groups is 1. The number of aryl methyl sites for hydroxylation is 2. The van der Waals surface area contributed by atoms with E-state index in [-0.39, 0.29) is 11.8 Å². The second-order valence-electron chi connectivity index (χ2n) is 5.42. The van der Waals surface area contributed by atoms with E-state index >= 15 is 0 Å². The molecule has 126 valence electrons. The molecular weight excluding hydrogens is 322 g/mol. The van der Waals surface area contributed by atoms with E-state index in [4.69, 9.17) is 9.47 Å². The summed E-state index contributed by atoms with van der Waals surface area (Å²) in [6, 6.07) is 14.2. The highest BCUT2D eigenvalue weighted by Crippen LogP contribution is 2.37. The molecule has 0 atom stereocenters. The molecule has 0 saturated carbocycles. The first kappa shape index (κ1) is 16.4. The number of ether oxygens (including phenoxy) is 2. The lowest BCUT2D eigenvalue weighted by Gasteiger charge is -2.09. The lowest BCUT2D eigenvalue weighted by atomic mass is 10.2. The summed E-state index contributed by atoms with van der Waals surface area (Å²) in [4.78, 5) is 18.6. The smallest absolute Gasteiger partial charge is 0.393 e. The molecule has 0 amide bonds. The van der Waals surface area contributed by atoms with Crippen molar-refractivity contribution in [3.05, 3.63) is 76.1 Å². The summed E-state index contributed by atoms with van der Waals surface area (Å²) in [6.07, 6.45) is 1.17. The van der Waals surface area contributed by atoms with E-state index in [2.05, 4.69) is 9.97 Å². The summed E-state index contributed by atoms with van der Waals surface area (Å²) in [6.45, 7) is 3.87. The van der Waals surface area contributed by atoms with Crippen molar-refractivity contribution in [2.45, 2.75) is 13.8 Å². The second-order valence-corrected chi connectivity index (χ2v) is 5.42. The topological polar surface area (TPSA) is 87.4 Å². The zero-order valence-corrected chi connectivity index (χ0v) is 13.7. The van der Waals surface area contributed by atoms with E-state index in [1.807, 2.05) is 38.1 Å². The Bertz CT molecular complexity index is 827. The average molecular weight is 337 g/mol.